The lowest BCUT2D eigenvalue weighted by Crippen LogP contribution is -2.20. The summed E-state index contributed by atoms with van der Waals surface area (Å²) >= 11 is 6.61. The zero-order valence-electron chi connectivity index (χ0n) is 17.7. The first-order valence-electron chi connectivity index (χ1n) is 9.80. The molecule has 4 rings (SSSR count). The summed E-state index contributed by atoms with van der Waals surface area (Å²) in [5.74, 6) is 0.562. The molecule has 0 spiro atoms. The molecule has 3 aromatic rings. The van der Waals surface area contributed by atoms with Gasteiger partial charge in [0.15, 0.2) is 0 Å². The van der Waals surface area contributed by atoms with Crippen molar-refractivity contribution < 1.29 is 13.7 Å². The summed E-state index contributed by atoms with van der Waals surface area (Å²) in [5.41, 5.74) is 1.66. The van der Waals surface area contributed by atoms with Crippen molar-refractivity contribution in [2.24, 2.45) is 14.1 Å². The van der Waals surface area contributed by atoms with Crippen LogP contribution in [0.15, 0.2) is 27.9 Å². The van der Waals surface area contributed by atoms with E-state index < -0.39 is 22.1 Å². The molecular formula is C21H23ClN4O4S. The van der Waals surface area contributed by atoms with E-state index >= 15 is 0 Å². The van der Waals surface area contributed by atoms with Gasteiger partial charge in [-0.05, 0) is 31.9 Å². The average molecular weight is 463 g/mol. The molecule has 1 N–H and O–H groups in total. The zero-order valence-corrected chi connectivity index (χ0v) is 19.3. The Hall–Kier alpha value is -2.65. The number of benzene rings is 1. The molecule has 8 nitrogen and oxygen atoms in total. The number of aromatic amines is 1. The van der Waals surface area contributed by atoms with Gasteiger partial charge in [0.05, 0.1) is 21.5 Å². The van der Waals surface area contributed by atoms with E-state index in [0.29, 0.717) is 28.0 Å². The zero-order chi connectivity index (χ0) is 22.4. The van der Waals surface area contributed by atoms with Gasteiger partial charge in [-0.2, -0.15) is 5.10 Å². The number of nitrogens with zero attached hydrogens (tertiary/aromatic N) is 3. The first-order valence-corrected chi connectivity index (χ1v) is 11.7. The van der Waals surface area contributed by atoms with Gasteiger partial charge in [-0.15, -0.1) is 0 Å². The van der Waals surface area contributed by atoms with E-state index in [1.807, 2.05) is 6.07 Å². The minimum Gasteiger partial charge on any atom is -0.473 e. The van der Waals surface area contributed by atoms with Crippen molar-refractivity contribution in [3.8, 4) is 5.88 Å². The minimum atomic E-state index is -1.35. The molecule has 0 amide bonds. The summed E-state index contributed by atoms with van der Waals surface area (Å²) in [6, 6.07) is 5.00. The molecule has 0 aliphatic heterocycles. The van der Waals surface area contributed by atoms with E-state index in [0.717, 1.165) is 18.5 Å². The number of ether oxygens (including phenoxy) is 1. The van der Waals surface area contributed by atoms with Crippen molar-refractivity contribution in [1.82, 2.24) is 19.6 Å². The number of aryl methyl sites for hydroxylation is 3. The smallest absolute Gasteiger partial charge is 0.277 e. The molecule has 1 unspecified atom stereocenters. The van der Waals surface area contributed by atoms with E-state index in [2.05, 4.69) is 10.2 Å². The second-order valence-electron chi connectivity index (χ2n) is 7.76. The van der Waals surface area contributed by atoms with Gasteiger partial charge in [0.1, 0.15) is 12.2 Å². The van der Waals surface area contributed by atoms with Crippen molar-refractivity contribution in [3.63, 3.8) is 0 Å². The predicted octanol–water partition coefficient (Wildman–Crippen LogP) is 2.83. The van der Waals surface area contributed by atoms with Gasteiger partial charge in [0.2, 0.25) is 11.7 Å². The fourth-order valence-electron chi connectivity index (χ4n) is 3.60. The molecule has 0 radical (unpaired) electrons. The summed E-state index contributed by atoms with van der Waals surface area (Å²) in [7, 11) is 1.99. The highest BCUT2D eigenvalue weighted by molar-refractivity contribution is 7.84. The van der Waals surface area contributed by atoms with Crippen LogP contribution in [0.2, 0.25) is 5.02 Å². The summed E-state index contributed by atoms with van der Waals surface area (Å²) in [5, 5.41) is 7.42. The van der Waals surface area contributed by atoms with Gasteiger partial charge in [0.25, 0.3) is 5.56 Å². The van der Waals surface area contributed by atoms with Gasteiger partial charge in [-0.3, -0.25) is 23.6 Å². The van der Waals surface area contributed by atoms with Gasteiger partial charge in [-0.25, -0.2) is 4.68 Å². The van der Waals surface area contributed by atoms with E-state index in [-0.39, 0.29) is 22.8 Å². The summed E-state index contributed by atoms with van der Waals surface area (Å²) in [6.45, 7) is 1.67. The van der Waals surface area contributed by atoms with Crippen molar-refractivity contribution in [3.05, 3.63) is 61.7 Å². The SMILES string of the molecule is Cc1[nH]n(C)c(=O)c1C(=O)c1ccc(S(C)=O)c(COc2cc(C3CC3)nn2C)c1Cl. The monoisotopic (exact) mass is 462 g/mol. The van der Waals surface area contributed by atoms with Crippen LogP contribution in [0.25, 0.3) is 0 Å². The number of aromatic nitrogens is 4. The van der Waals surface area contributed by atoms with Crippen LogP contribution in [0, 0.1) is 6.92 Å². The van der Waals surface area contributed by atoms with Crippen LogP contribution in [0.3, 0.4) is 0 Å². The second-order valence-corrected chi connectivity index (χ2v) is 9.48. The molecule has 10 heteroatoms. The molecule has 164 valence electrons. The fraction of sp³-hybridized carbons (Fsp3) is 0.381. The molecule has 1 aliphatic rings. The van der Waals surface area contributed by atoms with E-state index in [4.69, 9.17) is 16.3 Å². The molecule has 1 fully saturated rings. The Morgan fingerprint density at radius 1 is 1.35 bits per heavy atom. The topological polar surface area (TPSA) is 99.0 Å². The quantitative estimate of drug-likeness (QED) is 0.544. The number of hydrogen-bond donors (Lipinski definition) is 1. The van der Waals surface area contributed by atoms with Crippen LogP contribution < -0.4 is 10.3 Å². The third-order valence-corrected chi connectivity index (χ3v) is 6.86. The van der Waals surface area contributed by atoms with Crippen molar-refractivity contribution in [1.29, 1.82) is 0 Å². The van der Waals surface area contributed by atoms with Crippen LogP contribution in [0.1, 0.15) is 51.6 Å². The second kappa shape index (κ2) is 8.12. The number of halogens is 1. The largest absolute Gasteiger partial charge is 0.473 e. The minimum absolute atomic E-state index is 0.0165. The first kappa shape index (κ1) is 21.6. The highest BCUT2D eigenvalue weighted by Gasteiger charge is 2.28. The molecule has 1 aromatic carbocycles. The Labute approximate surface area is 186 Å². The molecule has 2 aromatic heterocycles. The van der Waals surface area contributed by atoms with Crippen molar-refractivity contribution in [2.75, 3.05) is 6.26 Å². The third kappa shape index (κ3) is 3.99. The maximum absolute atomic E-state index is 13.1. The normalized spacial score (nSPS) is 14.6. The maximum atomic E-state index is 13.1. The number of ketones is 1. The Balaban J connectivity index is 1.70. The molecule has 1 saturated carbocycles. The molecule has 1 aliphatic carbocycles. The standard InChI is InChI=1S/C21H23ClN4O4S/c1-11-18(21(28)26(3)23-11)20(27)13-7-8-16(31(4)29)14(19(13)22)10-30-17-9-15(12-5-6-12)24-25(17)2/h7-9,12,23H,5-6,10H2,1-4H3. The van der Waals surface area contributed by atoms with Gasteiger partial charge < -0.3 is 4.74 Å². The average Bonchev–Trinajstić information content (AvgIpc) is 3.44. The molecule has 2 heterocycles. The number of rotatable bonds is 7. The van der Waals surface area contributed by atoms with Crippen LogP contribution in [0.5, 0.6) is 5.88 Å². The molecule has 0 saturated heterocycles. The van der Waals surface area contributed by atoms with E-state index in [9.17, 15) is 13.8 Å². The van der Waals surface area contributed by atoms with E-state index in [1.54, 1.807) is 31.8 Å². The lowest BCUT2D eigenvalue weighted by molar-refractivity contribution is 0.103. The maximum Gasteiger partial charge on any atom is 0.277 e. The molecule has 31 heavy (non-hydrogen) atoms. The predicted molar refractivity (Wildman–Crippen MR) is 118 cm³/mol. The van der Waals surface area contributed by atoms with Crippen LogP contribution in [0.4, 0.5) is 0 Å². The lowest BCUT2D eigenvalue weighted by atomic mass is 10.0. The highest BCUT2D eigenvalue weighted by Crippen LogP contribution is 2.40. The molecule has 0 bridgehead atoms. The van der Waals surface area contributed by atoms with Gasteiger partial charge >= 0.3 is 0 Å². The van der Waals surface area contributed by atoms with Crippen LogP contribution >= 0.6 is 11.6 Å². The van der Waals surface area contributed by atoms with Crippen molar-refractivity contribution in [2.45, 2.75) is 37.2 Å². The van der Waals surface area contributed by atoms with Gasteiger partial charge in [0, 0.05) is 54.1 Å². The Kier molecular flexibility index (Phi) is 5.65. The summed E-state index contributed by atoms with van der Waals surface area (Å²) in [6.07, 6.45) is 3.80. The van der Waals surface area contributed by atoms with Crippen LogP contribution in [-0.4, -0.2) is 35.8 Å². The lowest BCUT2D eigenvalue weighted by Gasteiger charge is -2.14. The first-order chi connectivity index (χ1) is 14.7. The number of H-pyrrole nitrogens is 1. The molecular weight excluding hydrogens is 440 g/mol. The highest BCUT2D eigenvalue weighted by atomic mass is 35.5. The fourth-order valence-corrected chi connectivity index (χ4v) is 4.73. The number of hydrogen-bond acceptors (Lipinski definition) is 5. The van der Waals surface area contributed by atoms with Gasteiger partial charge in [-0.1, -0.05) is 11.6 Å². The number of carbonyl (C=O) groups is 1. The summed E-state index contributed by atoms with van der Waals surface area (Å²) < 4.78 is 21.1. The Bertz CT molecular complexity index is 1270. The van der Waals surface area contributed by atoms with Crippen LogP contribution in [-0.2, 0) is 31.5 Å². The Morgan fingerprint density at radius 3 is 2.65 bits per heavy atom. The van der Waals surface area contributed by atoms with Crippen molar-refractivity contribution >= 4 is 28.2 Å². The third-order valence-electron chi connectivity index (χ3n) is 5.43. The van der Waals surface area contributed by atoms with E-state index in [1.165, 1.54) is 17.0 Å². The summed E-state index contributed by atoms with van der Waals surface area (Å²) in [4.78, 5) is 26.0. The molecule has 1 atom stereocenters. The number of carbonyl (C=O) groups excluding carboxylic acids is 1. The Morgan fingerprint density at radius 2 is 2.06 bits per heavy atom. The number of nitrogens with one attached hydrogen (secondary N) is 1.